The van der Waals surface area contributed by atoms with E-state index >= 15 is 0 Å². The van der Waals surface area contributed by atoms with Gasteiger partial charge in [0.25, 0.3) is 0 Å². The van der Waals surface area contributed by atoms with E-state index in [-0.39, 0.29) is 5.91 Å². The SMILES string of the molecule is Nc1ccc2c(c1)CC(=O)N2Cc1ccsc1. The van der Waals surface area contributed by atoms with E-state index in [1.165, 1.54) is 5.56 Å². The van der Waals surface area contributed by atoms with E-state index in [4.69, 9.17) is 5.73 Å². The molecule has 1 aromatic heterocycles. The van der Waals surface area contributed by atoms with Gasteiger partial charge in [0.15, 0.2) is 0 Å². The summed E-state index contributed by atoms with van der Waals surface area (Å²) >= 11 is 1.65. The highest BCUT2D eigenvalue weighted by atomic mass is 32.1. The van der Waals surface area contributed by atoms with Crippen molar-refractivity contribution in [2.45, 2.75) is 13.0 Å². The van der Waals surface area contributed by atoms with Crippen LogP contribution in [0, 0.1) is 0 Å². The van der Waals surface area contributed by atoms with Gasteiger partial charge in [0.2, 0.25) is 5.91 Å². The molecule has 0 spiro atoms. The Morgan fingerprint density at radius 1 is 1.35 bits per heavy atom. The van der Waals surface area contributed by atoms with Crippen LogP contribution in [0.2, 0.25) is 0 Å². The number of benzene rings is 1. The zero-order chi connectivity index (χ0) is 11.8. The number of thiophene rings is 1. The Morgan fingerprint density at radius 3 is 3.00 bits per heavy atom. The molecular weight excluding hydrogens is 232 g/mol. The Labute approximate surface area is 103 Å². The zero-order valence-corrected chi connectivity index (χ0v) is 10.0. The molecule has 3 rings (SSSR count). The second kappa shape index (κ2) is 3.89. The van der Waals surface area contributed by atoms with Crippen molar-refractivity contribution in [3.63, 3.8) is 0 Å². The van der Waals surface area contributed by atoms with Crippen molar-refractivity contribution in [3.05, 3.63) is 46.2 Å². The predicted molar refractivity (Wildman–Crippen MR) is 70.1 cm³/mol. The standard InChI is InChI=1S/C13H12N2OS/c14-11-1-2-12-10(5-11)6-13(16)15(12)7-9-3-4-17-8-9/h1-5,8H,6-7,14H2. The summed E-state index contributed by atoms with van der Waals surface area (Å²) in [6.45, 7) is 0.652. The molecule has 1 aromatic carbocycles. The van der Waals surface area contributed by atoms with Gasteiger partial charge in [-0.3, -0.25) is 4.79 Å². The number of hydrogen-bond acceptors (Lipinski definition) is 3. The van der Waals surface area contributed by atoms with Crippen molar-refractivity contribution in [1.29, 1.82) is 0 Å². The maximum absolute atomic E-state index is 12.0. The van der Waals surface area contributed by atoms with E-state index in [0.29, 0.717) is 18.7 Å². The summed E-state index contributed by atoms with van der Waals surface area (Å²) in [7, 11) is 0. The van der Waals surface area contributed by atoms with Crippen LogP contribution in [0.25, 0.3) is 0 Å². The van der Waals surface area contributed by atoms with E-state index in [1.54, 1.807) is 11.3 Å². The van der Waals surface area contributed by atoms with Crippen LogP contribution in [0.5, 0.6) is 0 Å². The molecule has 1 aliphatic heterocycles. The highest BCUT2D eigenvalue weighted by Crippen LogP contribution is 2.31. The van der Waals surface area contributed by atoms with Crippen LogP contribution in [-0.2, 0) is 17.8 Å². The van der Waals surface area contributed by atoms with Crippen LogP contribution >= 0.6 is 11.3 Å². The molecule has 0 aliphatic carbocycles. The first kappa shape index (κ1) is 10.4. The second-order valence-corrected chi connectivity index (χ2v) is 4.96. The number of nitrogens with two attached hydrogens (primary N) is 1. The summed E-state index contributed by atoms with van der Waals surface area (Å²) in [6.07, 6.45) is 0.463. The van der Waals surface area contributed by atoms with Crippen LogP contribution in [0.15, 0.2) is 35.0 Å². The van der Waals surface area contributed by atoms with E-state index < -0.39 is 0 Å². The van der Waals surface area contributed by atoms with E-state index in [0.717, 1.165) is 11.3 Å². The first-order valence-corrected chi connectivity index (χ1v) is 6.38. The summed E-state index contributed by atoms with van der Waals surface area (Å²) in [5.74, 6) is 0.150. The normalized spacial score (nSPS) is 14.1. The van der Waals surface area contributed by atoms with Crippen molar-refractivity contribution >= 4 is 28.6 Å². The highest BCUT2D eigenvalue weighted by molar-refractivity contribution is 7.07. The molecule has 2 aromatic rings. The lowest BCUT2D eigenvalue weighted by molar-refractivity contribution is -0.117. The van der Waals surface area contributed by atoms with Crippen molar-refractivity contribution in [2.24, 2.45) is 0 Å². The smallest absolute Gasteiger partial charge is 0.231 e. The summed E-state index contributed by atoms with van der Waals surface area (Å²) in [6, 6.07) is 7.72. The number of hydrogen-bond donors (Lipinski definition) is 1. The van der Waals surface area contributed by atoms with Gasteiger partial charge in [-0.25, -0.2) is 0 Å². The monoisotopic (exact) mass is 244 g/mol. The Bertz CT molecular complexity index is 563. The fourth-order valence-electron chi connectivity index (χ4n) is 2.14. The quantitative estimate of drug-likeness (QED) is 0.825. The number of nitrogens with zero attached hydrogens (tertiary/aromatic N) is 1. The van der Waals surface area contributed by atoms with Gasteiger partial charge in [-0.2, -0.15) is 11.3 Å². The lowest BCUT2D eigenvalue weighted by atomic mass is 10.1. The molecule has 1 amide bonds. The lowest BCUT2D eigenvalue weighted by Crippen LogP contribution is -2.25. The summed E-state index contributed by atoms with van der Waals surface area (Å²) in [5.41, 5.74) is 9.65. The van der Waals surface area contributed by atoms with Crippen LogP contribution in [-0.4, -0.2) is 5.91 Å². The van der Waals surface area contributed by atoms with Crippen molar-refractivity contribution in [3.8, 4) is 0 Å². The molecule has 2 N–H and O–H groups in total. The molecule has 0 radical (unpaired) electrons. The molecule has 0 saturated carbocycles. The Balaban J connectivity index is 1.94. The Kier molecular flexibility index (Phi) is 2.37. The average Bonchev–Trinajstić information content (AvgIpc) is 2.88. The van der Waals surface area contributed by atoms with Crippen molar-refractivity contribution in [1.82, 2.24) is 0 Å². The summed E-state index contributed by atoms with van der Waals surface area (Å²) in [4.78, 5) is 13.8. The number of nitrogen functional groups attached to an aromatic ring is 1. The van der Waals surface area contributed by atoms with Gasteiger partial charge in [0.1, 0.15) is 0 Å². The fraction of sp³-hybridized carbons (Fsp3) is 0.154. The highest BCUT2D eigenvalue weighted by Gasteiger charge is 2.27. The van der Waals surface area contributed by atoms with Gasteiger partial charge in [-0.15, -0.1) is 0 Å². The molecule has 0 saturated heterocycles. The molecule has 0 bridgehead atoms. The minimum Gasteiger partial charge on any atom is -0.399 e. The van der Waals surface area contributed by atoms with Crippen LogP contribution in [0.1, 0.15) is 11.1 Å². The average molecular weight is 244 g/mol. The second-order valence-electron chi connectivity index (χ2n) is 4.18. The van der Waals surface area contributed by atoms with E-state index in [1.807, 2.05) is 34.5 Å². The molecule has 4 heteroatoms. The topological polar surface area (TPSA) is 46.3 Å². The first-order valence-electron chi connectivity index (χ1n) is 5.44. The van der Waals surface area contributed by atoms with Gasteiger partial charge >= 0.3 is 0 Å². The molecular formula is C13H12N2OS. The van der Waals surface area contributed by atoms with Crippen LogP contribution in [0.4, 0.5) is 11.4 Å². The lowest BCUT2D eigenvalue weighted by Gasteiger charge is -2.16. The third-order valence-corrected chi connectivity index (χ3v) is 3.69. The molecule has 0 fully saturated rings. The Hall–Kier alpha value is -1.81. The van der Waals surface area contributed by atoms with Gasteiger partial charge < -0.3 is 10.6 Å². The minimum absolute atomic E-state index is 0.150. The number of carbonyl (C=O) groups excluding carboxylic acids is 1. The third kappa shape index (κ3) is 1.80. The number of fused-ring (bicyclic) bond motifs is 1. The molecule has 3 nitrogen and oxygen atoms in total. The first-order chi connectivity index (χ1) is 8.24. The summed E-state index contributed by atoms with van der Waals surface area (Å²) in [5, 5.41) is 4.10. The Morgan fingerprint density at radius 2 is 2.24 bits per heavy atom. The number of carbonyl (C=O) groups is 1. The molecule has 17 heavy (non-hydrogen) atoms. The van der Waals surface area contributed by atoms with Gasteiger partial charge in [0, 0.05) is 11.4 Å². The van der Waals surface area contributed by atoms with Gasteiger partial charge in [-0.1, -0.05) is 0 Å². The summed E-state index contributed by atoms with van der Waals surface area (Å²) < 4.78 is 0. The molecule has 2 heterocycles. The maximum atomic E-state index is 12.0. The van der Waals surface area contributed by atoms with Crippen molar-refractivity contribution in [2.75, 3.05) is 10.6 Å². The van der Waals surface area contributed by atoms with Crippen LogP contribution < -0.4 is 10.6 Å². The molecule has 86 valence electrons. The predicted octanol–water partition coefficient (Wildman–Crippen LogP) is 2.42. The van der Waals surface area contributed by atoms with E-state index in [2.05, 4.69) is 5.38 Å². The number of anilines is 2. The zero-order valence-electron chi connectivity index (χ0n) is 9.22. The minimum atomic E-state index is 0.150. The molecule has 0 unspecified atom stereocenters. The van der Waals surface area contributed by atoms with Gasteiger partial charge in [0.05, 0.1) is 13.0 Å². The van der Waals surface area contributed by atoms with E-state index in [9.17, 15) is 4.79 Å². The maximum Gasteiger partial charge on any atom is 0.231 e. The third-order valence-electron chi connectivity index (χ3n) is 2.96. The number of rotatable bonds is 2. The molecule has 1 aliphatic rings. The number of amides is 1. The van der Waals surface area contributed by atoms with Gasteiger partial charge in [-0.05, 0) is 46.2 Å². The molecule has 0 atom stereocenters. The van der Waals surface area contributed by atoms with Crippen molar-refractivity contribution < 1.29 is 4.79 Å². The fourth-order valence-corrected chi connectivity index (χ4v) is 2.80. The van der Waals surface area contributed by atoms with Crippen LogP contribution in [0.3, 0.4) is 0 Å². The largest absolute Gasteiger partial charge is 0.399 e.